The number of anilines is 1. The van der Waals surface area contributed by atoms with Gasteiger partial charge in [0.05, 0.1) is 19.8 Å². The highest BCUT2D eigenvalue weighted by Gasteiger charge is 2.40. The molecule has 2 aromatic rings. The van der Waals surface area contributed by atoms with Crippen LogP contribution in [0.5, 0.6) is 0 Å². The van der Waals surface area contributed by atoms with Gasteiger partial charge in [0.2, 0.25) is 5.95 Å². The monoisotopic (exact) mass is 573 g/mol. The topological polar surface area (TPSA) is 129 Å². The minimum atomic E-state index is -5.08. The Morgan fingerprint density at radius 2 is 1.58 bits per heavy atom. The summed E-state index contributed by atoms with van der Waals surface area (Å²) in [6.07, 6.45) is -2.24. The molecule has 2 aliphatic heterocycles. The number of hydrogen-bond donors (Lipinski definition) is 2. The van der Waals surface area contributed by atoms with Crippen molar-refractivity contribution >= 4 is 29.2 Å². The first-order valence-corrected chi connectivity index (χ1v) is 11.9. The molecule has 17 heteroatoms. The van der Waals surface area contributed by atoms with E-state index in [4.69, 9.17) is 24.5 Å². The molecular formula is C21H25F6N5O5S. The lowest BCUT2D eigenvalue weighted by Gasteiger charge is -2.43. The zero-order valence-corrected chi connectivity index (χ0v) is 20.6. The van der Waals surface area contributed by atoms with E-state index in [1.54, 1.807) is 11.3 Å². The molecule has 0 bridgehead atoms. The van der Waals surface area contributed by atoms with Crippen LogP contribution in [0.3, 0.4) is 0 Å². The molecule has 4 heterocycles. The number of carboxylic acids is 2. The summed E-state index contributed by atoms with van der Waals surface area (Å²) in [5.74, 6) is -4.69. The van der Waals surface area contributed by atoms with E-state index in [-0.39, 0.29) is 5.41 Å². The third-order valence-electron chi connectivity index (χ3n) is 5.34. The molecule has 1 unspecified atom stereocenters. The van der Waals surface area contributed by atoms with Gasteiger partial charge < -0.3 is 19.8 Å². The van der Waals surface area contributed by atoms with Gasteiger partial charge in [-0.15, -0.1) is 11.3 Å². The number of thiazole rings is 1. The van der Waals surface area contributed by atoms with E-state index in [1.165, 1.54) is 17.8 Å². The number of piperidine rings is 1. The van der Waals surface area contributed by atoms with Crippen molar-refractivity contribution in [2.45, 2.75) is 31.7 Å². The first-order valence-electron chi connectivity index (χ1n) is 11.0. The maximum absolute atomic E-state index is 10.6. The van der Waals surface area contributed by atoms with E-state index in [9.17, 15) is 26.3 Å². The maximum Gasteiger partial charge on any atom is 0.490 e. The summed E-state index contributed by atoms with van der Waals surface area (Å²) >= 11 is 1.74. The number of rotatable bonds is 3. The Morgan fingerprint density at radius 1 is 0.974 bits per heavy atom. The highest BCUT2D eigenvalue weighted by Crippen LogP contribution is 2.34. The number of halogens is 6. The normalized spacial score (nSPS) is 20.4. The third-order valence-corrected chi connectivity index (χ3v) is 6.11. The molecule has 2 aromatic heterocycles. The van der Waals surface area contributed by atoms with Gasteiger partial charge in [-0.25, -0.2) is 24.5 Å². The fraction of sp³-hybridized carbons (Fsp3) is 0.571. The molecular weight excluding hydrogens is 548 g/mol. The fourth-order valence-electron chi connectivity index (χ4n) is 3.83. The van der Waals surface area contributed by atoms with Gasteiger partial charge in [-0.05, 0) is 25.5 Å². The van der Waals surface area contributed by atoms with E-state index in [2.05, 4.69) is 30.1 Å². The van der Waals surface area contributed by atoms with Crippen LogP contribution in [-0.2, 0) is 20.9 Å². The number of carbonyl (C=O) groups is 2. The first-order chi connectivity index (χ1) is 17.7. The van der Waals surface area contributed by atoms with E-state index >= 15 is 0 Å². The Hall–Kier alpha value is -3.05. The highest BCUT2D eigenvalue weighted by molar-refractivity contribution is 7.09. The number of carboxylic acid groups (broad SMARTS) is 2. The van der Waals surface area contributed by atoms with Crippen molar-refractivity contribution in [1.82, 2.24) is 19.9 Å². The zero-order valence-electron chi connectivity index (χ0n) is 19.8. The average molecular weight is 574 g/mol. The number of hydrogen-bond acceptors (Lipinski definition) is 9. The van der Waals surface area contributed by atoms with Gasteiger partial charge in [0.15, 0.2) is 0 Å². The molecule has 4 rings (SSSR count). The van der Waals surface area contributed by atoms with Crippen LogP contribution in [0.4, 0.5) is 32.3 Å². The third kappa shape index (κ3) is 10.4. The second-order valence-electron chi connectivity index (χ2n) is 8.37. The van der Waals surface area contributed by atoms with E-state index < -0.39 is 24.3 Å². The lowest BCUT2D eigenvalue weighted by Crippen LogP contribution is -2.50. The number of aromatic nitrogens is 3. The number of likely N-dealkylation sites (tertiary alicyclic amines) is 1. The fourth-order valence-corrected chi connectivity index (χ4v) is 4.49. The van der Waals surface area contributed by atoms with Crippen molar-refractivity contribution in [1.29, 1.82) is 0 Å². The predicted molar refractivity (Wildman–Crippen MR) is 122 cm³/mol. The molecule has 10 nitrogen and oxygen atoms in total. The summed E-state index contributed by atoms with van der Waals surface area (Å²) in [5.41, 5.74) is 0.158. The van der Waals surface area contributed by atoms with E-state index in [1.807, 2.05) is 24.7 Å². The van der Waals surface area contributed by atoms with Gasteiger partial charge >= 0.3 is 24.3 Å². The lowest BCUT2D eigenvalue weighted by atomic mass is 9.80. The molecule has 0 amide bonds. The molecule has 2 fully saturated rings. The molecule has 0 aliphatic carbocycles. The predicted octanol–water partition coefficient (Wildman–Crippen LogP) is 3.32. The molecule has 2 saturated heterocycles. The van der Waals surface area contributed by atoms with E-state index in [0.29, 0.717) is 0 Å². The van der Waals surface area contributed by atoms with Crippen LogP contribution in [0.25, 0.3) is 0 Å². The Morgan fingerprint density at radius 3 is 2.11 bits per heavy atom. The second kappa shape index (κ2) is 13.7. The van der Waals surface area contributed by atoms with Gasteiger partial charge in [0.25, 0.3) is 0 Å². The molecule has 38 heavy (non-hydrogen) atoms. The number of ether oxygens (including phenoxy) is 1. The van der Waals surface area contributed by atoms with Crippen LogP contribution in [0.2, 0.25) is 0 Å². The minimum absolute atomic E-state index is 0.158. The van der Waals surface area contributed by atoms with Crippen molar-refractivity contribution < 1.29 is 50.9 Å². The van der Waals surface area contributed by atoms with Crippen molar-refractivity contribution in [3.63, 3.8) is 0 Å². The van der Waals surface area contributed by atoms with Crippen LogP contribution in [0, 0.1) is 5.41 Å². The number of nitrogens with zero attached hydrogens (tertiary/aromatic N) is 5. The van der Waals surface area contributed by atoms with Gasteiger partial charge in [-0.2, -0.15) is 26.3 Å². The Balaban J connectivity index is 0.000000301. The first kappa shape index (κ1) is 31.2. The molecule has 2 aliphatic rings. The maximum atomic E-state index is 10.6. The molecule has 1 atom stereocenters. The molecule has 1 spiro atoms. The lowest BCUT2D eigenvalue weighted by molar-refractivity contribution is -0.193. The standard InChI is InChI=1S/C17H23N5OS.2C2HF3O2/c1-3-17(12-21(7-1)11-15-18-6-10-24-15)13-22(8-9-23-14-17)16-19-4-2-5-20-16;2*3-2(4,5)1(6)7/h2,4-6,10H,1,3,7-9,11-14H2;2*(H,6,7). The van der Waals surface area contributed by atoms with Crippen LogP contribution in [0.1, 0.15) is 17.8 Å². The summed E-state index contributed by atoms with van der Waals surface area (Å²) in [6, 6.07) is 1.87. The molecule has 0 radical (unpaired) electrons. The summed E-state index contributed by atoms with van der Waals surface area (Å²) in [5, 5.41) is 17.5. The summed E-state index contributed by atoms with van der Waals surface area (Å²) in [6.45, 7) is 6.53. The van der Waals surface area contributed by atoms with Gasteiger partial charge in [-0.3, -0.25) is 4.90 Å². The van der Waals surface area contributed by atoms with Crippen molar-refractivity contribution in [2.24, 2.45) is 5.41 Å². The summed E-state index contributed by atoms with van der Waals surface area (Å²) in [7, 11) is 0. The largest absolute Gasteiger partial charge is 0.490 e. The Labute approximate surface area is 216 Å². The van der Waals surface area contributed by atoms with Gasteiger partial charge in [0, 0.05) is 49.0 Å². The Bertz CT molecular complexity index is 988. The Kier molecular flexibility index (Phi) is 11.2. The number of alkyl halides is 6. The smallest absolute Gasteiger partial charge is 0.475 e. The van der Waals surface area contributed by atoms with Crippen molar-refractivity contribution in [3.8, 4) is 0 Å². The van der Waals surface area contributed by atoms with Crippen LogP contribution < -0.4 is 4.90 Å². The van der Waals surface area contributed by atoms with Crippen molar-refractivity contribution in [3.05, 3.63) is 35.0 Å². The average Bonchev–Trinajstić information content (AvgIpc) is 3.26. The van der Waals surface area contributed by atoms with Crippen molar-refractivity contribution in [2.75, 3.05) is 44.3 Å². The molecule has 0 saturated carbocycles. The molecule has 0 aromatic carbocycles. The molecule has 2 N–H and O–H groups in total. The molecule has 212 valence electrons. The van der Waals surface area contributed by atoms with Gasteiger partial charge in [-0.1, -0.05) is 0 Å². The van der Waals surface area contributed by atoms with Gasteiger partial charge in [0.1, 0.15) is 5.01 Å². The van der Waals surface area contributed by atoms with Crippen LogP contribution in [0.15, 0.2) is 30.0 Å². The SMILES string of the molecule is O=C(O)C(F)(F)F.O=C(O)C(F)(F)F.c1cnc(N2CCOCC3(CCCN(Cc4nccs4)C3)C2)nc1. The highest BCUT2D eigenvalue weighted by atomic mass is 32.1. The van der Waals surface area contributed by atoms with Crippen LogP contribution >= 0.6 is 11.3 Å². The summed E-state index contributed by atoms with van der Waals surface area (Å²) in [4.78, 5) is 35.9. The number of aliphatic carboxylic acids is 2. The van der Waals surface area contributed by atoms with Crippen LogP contribution in [-0.4, -0.2) is 93.7 Å². The summed E-state index contributed by atoms with van der Waals surface area (Å²) < 4.78 is 69.5. The quantitative estimate of drug-likeness (QED) is 0.528. The second-order valence-corrected chi connectivity index (χ2v) is 9.35. The minimum Gasteiger partial charge on any atom is -0.475 e. The van der Waals surface area contributed by atoms with E-state index in [0.717, 1.165) is 51.9 Å². The zero-order chi connectivity index (χ0) is 28.4.